The van der Waals surface area contributed by atoms with Gasteiger partial charge in [0, 0.05) is 4.47 Å². The molecule has 1 unspecified atom stereocenters. The van der Waals surface area contributed by atoms with E-state index in [-0.39, 0.29) is 29.1 Å². The Morgan fingerprint density at radius 1 is 1.03 bits per heavy atom. The van der Waals surface area contributed by atoms with Crippen LogP contribution in [0.5, 0.6) is 0 Å². The molecule has 6 heteroatoms. The Balaban J connectivity index is 1.71. The maximum atomic E-state index is 13.6. The normalized spacial score (nSPS) is 16.1. The van der Waals surface area contributed by atoms with Gasteiger partial charge in [0.15, 0.2) is 5.43 Å². The molecule has 0 spiro atoms. The van der Waals surface area contributed by atoms with Gasteiger partial charge >= 0.3 is 0 Å². The summed E-state index contributed by atoms with van der Waals surface area (Å²) in [5.41, 5.74) is 2.61. The van der Waals surface area contributed by atoms with Gasteiger partial charge < -0.3 is 13.7 Å². The highest BCUT2D eigenvalue weighted by Crippen LogP contribution is 2.40. The fraction of sp³-hybridized carbons (Fsp3) is 0.231. The van der Waals surface area contributed by atoms with E-state index in [0.717, 1.165) is 10.0 Å². The van der Waals surface area contributed by atoms with Gasteiger partial charge in [0.05, 0.1) is 29.8 Å². The first-order valence-corrected chi connectivity index (χ1v) is 11.2. The van der Waals surface area contributed by atoms with Gasteiger partial charge in [-0.05, 0) is 46.9 Å². The molecular weight excluding hydrogens is 470 g/mol. The summed E-state index contributed by atoms with van der Waals surface area (Å²) in [5, 5.41) is 0.446. The van der Waals surface area contributed by atoms with Crippen LogP contribution in [-0.2, 0) is 12.0 Å². The lowest BCUT2D eigenvalue weighted by molar-refractivity contribution is 0.0701. The highest BCUT2D eigenvalue weighted by Gasteiger charge is 2.43. The Kier molecular flexibility index (Phi) is 4.86. The predicted octanol–water partition coefficient (Wildman–Crippen LogP) is 6.19. The van der Waals surface area contributed by atoms with E-state index in [9.17, 15) is 9.59 Å². The number of nitrogens with zero attached hydrogens (tertiary/aromatic N) is 1. The number of hydrogen-bond acceptors (Lipinski definition) is 4. The standard InChI is InChI=1S/C26H22BrNO4/c1-26(2,3)16-8-6-15(7-9-16)22-21-23(29)19-13-17(27)10-11-20(19)32-24(21)25(30)28(22)14-18-5-4-12-31-18/h4-13,22H,14H2,1-3H3. The van der Waals surface area contributed by atoms with Crippen molar-refractivity contribution < 1.29 is 13.6 Å². The Morgan fingerprint density at radius 3 is 2.44 bits per heavy atom. The van der Waals surface area contributed by atoms with Crippen molar-refractivity contribution in [3.8, 4) is 0 Å². The van der Waals surface area contributed by atoms with Crippen LogP contribution in [0, 0.1) is 0 Å². The van der Waals surface area contributed by atoms with E-state index < -0.39 is 6.04 Å². The van der Waals surface area contributed by atoms with Crippen molar-refractivity contribution in [3.63, 3.8) is 0 Å². The molecule has 1 aliphatic heterocycles. The maximum Gasteiger partial charge on any atom is 0.291 e. The van der Waals surface area contributed by atoms with Crippen LogP contribution in [0.3, 0.4) is 0 Å². The molecule has 0 fully saturated rings. The summed E-state index contributed by atoms with van der Waals surface area (Å²) in [4.78, 5) is 28.7. The molecule has 3 heterocycles. The third-order valence-electron chi connectivity index (χ3n) is 5.93. The zero-order valence-corrected chi connectivity index (χ0v) is 19.6. The zero-order valence-electron chi connectivity index (χ0n) is 18.0. The molecule has 5 nitrogen and oxygen atoms in total. The van der Waals surface area contributed by atoms with Gasteiger partial charge in [-0.2, -0.15) is 0 Å². The Morgan fingerprint density at radius 2 is 1.78 bits per heavy atom. The summed E-state index contributed by atoms with van der Waals surface area (Å²) in [7, 11) is 0. The number of carbonyl (C=O) groups excluding carboxylic acids is 1. The molecule has 162 valence electrons. The summed E-state index contributed by atoms with van der Waals surface area (Å²) >= 11 is 3.43. The minimum Gasteiger partial charge on any atom is -0.467 e. The van der Waals surface area contributed by atoms with Crippen molar-refractivity contribution in [3.05, 3.63) is 104 Å². The molecule has 0 saturated heterocycles. The van der Waals surface area contributed by atoms with Crippen molar-refractivity contribution in [1.82, 2.24) is 4.90 Å². The highest BCUT2D eigenvalue weighted by molar-refractivity contribution is 9.10. The molecule has 1 atom stereocenters. The number of hydrogen-bond donors (Lipinski definition) is 0. The van der Waals surface area contributed by atoms with Crippen LogP contribution in [-0.4, -0.2) is 10.8 Å². The van der Waals surface area contributed by atoms with E-state index in [1.54, 1.807) is 35.4 Å². The first kappa shape index (κ1) is 20.8. The number of furan rings is 1. The van der Waals surface area contributed by atoms with Gasteiger partial charge in [0.25, 0.3) is 5.91 Å². The lowest BCUT2D eigenvalue weighted by atomic mass is 9.86. The largest absolute Gasteiger partial charge is 0.467 e. The summed E-state index contributed by atoms with van der Waals surface area (Å²) < 4.78 is 12.3. The van der Waals surface area contributed by atoms with Crippen molar-refractivity contribution in [2.45, 2.75) is 38.8 Å². The summed E-state index contributed by atoms with van der Waals surface area (Å²) in [6, 6.07) is 16.4. The van der Waals surface area contributed by atoms with Gasteiger partial charge in [0.2, 0.25) is 5.76 Å². The SMILES string of the molecule is CC(C)(C)c1ccc(C2c3c(oc4ccc(Br)cc4c3=O)C(=O)N2Cc2ccco2)cc1. The summed E-state index contributed by atoms with van der Waals surface area (Å²) in [5.74, 6) is 0.423. The fourth-order valence-electron chi connectivity index (χ4n) is 4.24. The lowest BCUT2D eigenvalue weighted by Gasteiger charge is -2.25. The molecule has 0 N–H and O–H groups in total. The van der Waals surface area contributed by atoms with E-state index in [1.165, 1.54) is 5.56 Å². The Bertz CT molecular complexity index is 1380. The van der Waals surface area contributed by atoms with E-state index in [4.69, 9.17) is 8.83 Å². The van der Waals surface area contributed by atoms with Crippen molar-refractivity contribution in [2.24, 2.45) is 0 Å². The maximum absolute atomic E-state index is 13.6. The summed E-state index contributed by atoms with van der Waals surface area (Å²) in [6.45, 7) is 6.69. The van der Waals surface area contributed by atoms with Gasteiger partial charge in [-0.25, -0.2) is 0 Å². The van der Waals surface area contributed by atoms with E-state index in [1.807, 2.05) is 18.2 Å². The number of rotatable bonds is 3. The van der Waals surface area contributed by atoms with Gasteiger partial charge in [-0.3, -0.25) is 9.59 Å². The van der Waals surface area contributed by atoms with Crippen molar-refractivity contribution in [1.29, 1.82) is 0 Å². The average molecular weight is 492 g/mol. The van der Waals surface area contributed by atoms with E-state index in [0.29, 0.717) is 22.3 Å². The second-order valence-electron chi connectivity index (χ2n) is 9.10. The lowest BCUT2D eigenvalue weighted by Crippen LogP contribution is -2.29. The molecular formula is C26H22BrNO4. The molecule has 0 saturated carbocycles. The predicted molar refractivity (Wildman–Crippen MR) is 126 cm³/mol. The summed E-state index contributed by atoms with van der Waals surface area (Å²) in [6.07, 6.45) is 1.57. The van der Waals surface area contributed by atoms with E-state index in [2.05, 4.69) is 48.8 Å². The fourth-order valence-corrected chi connectivity index (χ4v) is 4.60. The van der Waals surface area contributed by atoms with Crippen LogP contribution in [0.2, 0.25) is 0 Å². The molecule has 0 radical (unpaired) electrons. The van der Waals surface area contributed by atoms with Crippen LogP contribution < -0.4 is 5.43 Å². The number of carbonyl (C=O) groups is 1. The first-order valence-electron chi connectivity index (χ1n) is 10.4. The minimum absolute atomic E-state index is 0.00268. The highest BCUT2D eigenvalue weighted by atomic mass is 79.9. The van der Waals surface area contributed by atoms with Crippen molar-refractivity contribution in [2.75, 3.05) is 0 Å². The second kappa shape index (κ2) is 7.48. The number of amides is 1. The van der Waals surface area contributed by atoms with Crippen LogP contribution in [0.15, 0.2) is 79.0 Å². The third kappa shape index (κ3) is 3.39. The monoisotopic (exact) mass is 491 g/mol. The van der Waals surface area contributed by atoms with E-state index >= 15 is 0 Å². The molecule has 1 aliphatic rings. The smallest absolute Gasteiger partial charge is 0.291 e. The molecule has 2 aromatic heterocycles. The molecule has 4 aromatic rings. The molecule has 0 aliphatic carbocycles. The number of benzene rings is 2. The quantitative estimate of drug-likeness (QED) is 0.342. The second-order valence-corrected chi connectivity index (χ2v) is 10.0. The Labute approximate surface area is 193 Å². The van der Waals surface area contributed by atoms with Crippen molar-refractivity contribution >= 4 is 32.8 Å². The molecule has 0 bridgehead atoms. The number of halogens is 1. The third-order valence-corrected chi connectivity index (χ3v) is 6.42. The minimum atomic E-state index is -0.559. The van der Waals surface area contributed by atoms with Gasteiger partial charge in [0.1, 0.15) is 11.3 Å². The van der Waals surface area contributed by atoms with Crippen LogP contribution in [0.4, 0.5) is 0 Å². The molecule has 1 amide bonds. The Hall–Kier alpha value is -3.12. The van der Waals surface area contributed by atoms with Crippen LogP contribution in [0.25, 0.3) is 11.0 Å². The molecule has 5 rings (SSSR count). The van der Waals surface area contributed by atoms with Crippen LogP contribution in [0.1, 0.15) is 59.8 Å². The first-order chi connectivity index (χ1) is 15.2. The van der Waals surface area contributed by atoms with Crippen LogP contribution >= 0.6 is 15.9 Å². The number of fused-ring (bicyclic) bond motifs is 2. The molecule has 32 heavy (non-hydrogen) atoms. The average Bonchev–Trinajstić information content (AvgIpc) is 3.36. The zero-order chi connectivity index (χ0) is 22.6. The van der Waals surface area contributed by atoms with Gasteiger partial charge in [-0.15, -0.1) is 0 Å². The van der Waals surface area contributed by atoms with Gasteiger partial charge in [-0.1, -0.05) is 61.0 Å². The molecule has 2 aromatic carbocycles. The topological polar surface area (TPSA) is 63.7 Å².